The van der Waals surface area contributed by atoms with Crippen LogP contribution in [0.5, 0.6) is 0 Å². The van der Waals surface area contributed by atoms with E-state index in [4.69, 9.17) is 10.2 Å². The van der Waals surface area contributed by atoms with Crippen molar-refractivity contribution >= 4 is 30.1 Å². The molecule has 0 fully saturated rings. The monoisotopic (exact) mass is 267 g/mol. The van der Waals surface area contributed by atoms with Crippen LogP contribution in [0.15, 0.2) is 22.6 Å². The van der Waals surface area contributed by atoms with Crippen molar-refractivity contribution in [3.63, 3.8) is 0 Å². The minimum atomic E-state index is -1.11. The molecule has 0 radical (unpaired) electrons. The first-order valence-electron chi connectivity index (χ1n) is 5.24. The molecule has 0 atom stereocenters. The maximum absolute atomic E-state index is 10.6. The van der Waals surface area contributed by atoms with Crippen LogP contribution in [-0.2, 0) is 0 Å². The van der Waals surface area contributed by atoms with Crippen LogP contribution in [0, 0.1) is 6.92 Å². The van der Waals surface area contributed by atoms with E-state index in [1.807, 2.05) is 6.21 Å². The number of carboxylic acid groups (broad SMARTS) is 2. The van der Waals surface area contributed by atoms with Crippen molar-refractivity contribution in [1.29, 1.82) is 0 Å². The zero-order valence-corrected chi connectivity index (χ0v) is 10.6. The first-order chi connectivity index (χ1) is 8.54. The van der Waals surface area contributed by atoms with Crippen LogP contribution < -0.4 is 0 Å². The van der Waals surface area contributed by atoms with E-state index in [2.05, 4.69) is 4.40 Å². The number of nitrogens with zero attached hydrogens (tertiary/aromatic N) is 1. The van der Waals surface area contributed by atoms with Crippen molar-refractivity contribution < 1.29 is 19.8 Å². The molecule has 2 N–H and O–H groups in total. The van der Waals surface area contributed by atoms with Crippen LogP contribution in [0.3, 0.4) is 0 Å². The molecule has 1 aliphatic rings. The summed E-state index contributed by atoms with van der Waals surface area (Å²) < 4.78 is 3.88. The van der Waals surface area contributed by atoms with Gasteiger partial charge < -0.3 is 10.2 Å². The first kappa shape index (κ1) is 14.2. The van der Waals surface area contributed by atoms with E-state index in [9.17, 15) is 9.59 Å². The fourth-order valence-electron chi connectivity index (χ4n) is 1.36. The van der Waals surface area contributed by atoms with E-state index in [1.54, 1.807) is 11.9 Å². The second-order valence-corrected chi connectivity index (χ2v) is 4.38. The molecule has 5 nitrogen and oxygen atoms in total. The number of benzene rings is 1. The zero-order valence-electron chi connectivity index (χ0n) is 9.79. The Labute approximate surface area is 109 Å². The second kappa shape index (κ2) is 6.80. The summed E-state index contributed by atoms with van der Waals surface area (Å²) in [6, 6.07) is 4.17. The Morgan fingerprint density at radius 1 is 1.22 bits per heavy atom. The van der Waals surface area contributed by atoms with Crippen molar-refractivity contribution in [2.75, 3.05) is 5.75 Å². The minimum absolute atomic E-state index is 0.0277. The van der Waals surface area contributed by atoms with Crippen molar-refractivity contribution in [2.24, 2.45) is 4.40 Å². The average Bonchev–Trinajstić information content (AvgIpc) is 2.87. The average molecular weight is 267 g/mol. The Bertz CT molecular complexity index is 447. The van der Waals surface area contributed by atoms with Crippen LogP contribution in [0.4, 0.5) is 0 Å². The van der Waals surface area contributed by atoms with Gasteiger partial charge in [0.2, 0.25) is 0 Å². The Kier molecular flexibility index (Phi) is 5.38. The Hall–Kier alpha value is -1.82. The van der Waals surface area contributed by atoms with Gasteiger partial charge in [0.15, 0.2) is 0 Å². The Morgan fingerprint density at radius 2 is 1.78 bits per heavy atom. The van der Waals surface area contributed by atoms with E-state index in [-0.39, 0.29) is 16.7 Å². The lowest BCUT2D eigenvalue weighted by Crippen LogP contribution is -2.06. The number of aromatic carboxylic acids is 2. The lowest BCUT2D eigenvalue weighted by molar-refractivity contribution is 0.0696. The number of hydrogen-bond donors (Lipinski definition) is 2. The molecule has 0 saturated carbocycles. The highest BCUT2D eigenvalue weighted by Crippen LogP contribution is 2.13. The van der Waals surface area contributed by atoms with Gasteiger partial charge in [0, 0.05) is 12.0 Å². The van der Waals surface area contributed by atoms with Crippen molar-refractivity contribution in [3.05, 3.63) is 34.9 Å². The normalized spacial score (nSPS) is 12.7. The van der Waals surface area contributed by atoms with Crippen molar-refractivity contribution in [3.8, 4) is 0 Å². The molecule has 2 rings (SSSR count). The molecule has 0 unspecified atom stereocenters. The number of carboxylic acids is 2. The molecular formula is C12H13NO4S. The molecule has 0 aliphatic carbocycles. The van der Waals surface area contributed by atoms with Crippen LogP contribution >= 0.6 is 11.9 Å². The molecule has 96 valence electrons. The predicted octanol–water partition coefficient (Wildman–Crippen LogP) is 2.50. The zero-order chi connectivity index (χ0) is 13.5. The summed E-state index contributed by atoms with van der Waals surface area (Å²) in [5.74, 6) is -1.03. The van der Waals surface area contributed by atoms with Gasteiger partial charge in [-0.2, -0.15) is 0 Å². The standard InChI is InChI=1S/C9H8O4.C3H5NS/c1-5-6(8(10)11)3-2-4-7(5)9(12)13;1-2-4-5-3-1/h2-4H,1H3,(H,10,11)(H,12,13);2H,1,3H2. The van der Waals surface area contributed by atoms with Gasteiger partial charge in [0.1, 0.15) is 0 Å². The van der Waals surface area contributed by atoms with Crippen LogP contribution in [0.1, 0.15) is 32.7 Å². The topological polar surface area (TPSA) is 87.0 Å². The molecule has 0 amide bonds. The number of carbonyl (C=O) groups is 2. The van der Waals surface area contributed by atoms with Crippen molar-refractivity contribution in [2.45, 2.75) is 13.3 Å². The summed E-state index contributed by atoms with van der Waals surface area (Å²) in [6.07, 6.45) is 3.12. The highest BCUT2D eigenvalue weighted by molar-refractivity contribution is 7.98. The molecule has 1 aromatic rings. The summed E-state index contributed by atoms with van der Waals surface area (Å²) in [6.45, 7) is 1.48. The van der Waals surface area contributed by atoms with Gasteiger partial charge in [0.05, 0.1) is 11.1 Å². The lowest BCUT2D eigenvalue weighted by atomic mass is 10.0. The predicted molar refractivity (Wildman–Crippen MR) is 70.7 cm³/mol. The largest absolute Gasteiger partial charge is 0.478 e. The molecule has 6 heteroatoms. The van der Waals surface area contributed by atoms with E-state index in [1.165, 1.54) is 37.3 Å². The summed E-state index contributed by atoms with van der Waals surface area (Å²) in [4.78, 5) is 21.2. The summed E-state index contributed by atoms with van der Waals surface area (Å²) >= 11 is 1.64. The van der Waals surface area contributed by atoms with Gasteiger partial charge in [-0.05, 0) is 43.0 Å². The third-order valence-electron chi connectivity index (χ3n) is 2.28. The molecule has 18 heavy (non-hydrogen) atoms. The number of hydrogen-bond acceptors (Lipinski definition) is 4. The maximum atomic E-state index is 10.6. The molecule has 0 saturated heterocycles. The van der Waals surface area contributed by atoms with E-state index in [0.717, 1.165) is 0 Å². The van der Waals surface area contributed by atoms with Gasteiger partial charge in [-0.1, -0.05) is 6.07 Å². The van der Waals surface area contributed by atoms with E-state index >= 15 is 0 Å². The maximum Gasteiger partial charge on any atom is 0.335 e. The van der Waals surface area contributed by atoms with Gasteiger partial charge in [-0.25, -0.2) is 14.0 Å². The fraction of sp³-hybridized carbons (Fsp3) is 0.250. The SMILES string of the molecule is C1=NSCC1.Cc1c(C(=O)O)cccc1C(=O)O. The van der Waals surface area contributed by atoms with Gasteiger partial charge >= 0.3 is 11.9 Å². The van der Waals surface area contributed by atoms with Crippen LogP contribution in [0.25, 0.3) is 0 Å². The molecule has 0 aromatic heterocycles. The summed E-state index contributed by atoms with van der Waals surface area (Å²) in [5.41, 5.74) is 0.335. The smallest absolute Gasteiger partial charge is 0.335 e. The van der Waals surface area contributed by atoms with Crippen LogP contribution in [0.2, 0.25) is 0 Å². The van der Waals surface area contributed by atoms with Crippen molar-refractivity contribution in [1.82, 2.24) is 0 Å². The molecule has 0 spiro atoms. The summed E-state index contributed by atoms with van der Waals surface area (Å²) in [5, 5.41) is 17.4. The molecule has 1 aliphatic heterocycles. The highest BCUT2D eigenvalue weighted by atomic mass is 32.2. The highest BCUT2D eigenvalue weighted by Gasteiger charge is 2.13. The first-order valence-corrected chi connectivity index (χ1v) is 6.18. The third-order valence-corrected chi connectivity index (χ3v) is 3.00. The molecular weight excluding hydrogens is 254 g/mol. The second-order valence-electron chi connectivity index (χ2n) is 3.50. The van der Waals surface area contributed by atoms with E-state index < -0.39 is 11.9 Å². The van der Waals surface area contributed by atoms with Gasteiger partial charge in [-0.3, -0.25) is 0 Å². The quantitative estimate of drug-likeness (QED) is 0.804. The Morgan fingerprint density at radius 3 is 2.06 bits per heavy atom. The van der Waals surface area contributed by atoms with Gasteiger partial charge in [-0.15, -0.1) is 0 Å². The van der Waals surface area contributed by atoms with E-state index in [0.29, 0.717) is 0 Å². The minimum Gasteiger partial charge on any atom is -0.478 e. The lowest BCUT2D eigenvalue weighted by Gasteiger charge is -2.03. The third kappa shape index (κ3) is 3.89. The summed E-state index contributed by atoms with van der Waals surface area (Å²) in [7, 11) is 0. The number of rotatable bonds is 2. The molecule has 1 aromatic carbocycles. The molecule has 0 bridgehead atoms. The fourth-order valence-corrected chi connectivity index (χ4v) is 1.89. The molecule has 1 heterocycles. The van der Waals surface area contributed by atoms with Gasteiger partial charge in [0.25, 0.3) is 0 Å². The van der Waals surface area contributed by atoms with Crippen LogP contribution in [-0.4, -0.2) is 34.1 Å². The Balaban J connectivity index is 0.000000269.